The SMILES string of the molecule is CN1c2c(n(C)c(=O)[nH]c2=O)N(Cc2ccc(Cl)c(Cl)c2)C1Nc1nccc(=O)[nH]1. The molecule has 3 N–H and O–H groups in total. The van der Waals surface area contributed by atoms with E-state index in [0.717, 1.165) is 5.56 Å². The Labute approximate surface area is 179 Å². The smallest absolute Gasteiger partial charge is 0.329 e. The normalized spacial score (nSPS) is 15.4. The van der Waals surface area contributed by atoms with Crippen molar-refractivity contribution in [2.24, 2.45) is 7.05 Å². The molecule has 0 bridgehead atoms. The molecule has 1 atom stereocenters. The summed E-state index contributed by atoms with van der Waals surface area (Å²) in [5.41, 5.74) is -0.286. The first-order valence-corrected chi connectivity index (χ1v) is 9.60. The lowest BCUT2D eigenvalue weighted by atomic mass is 10.2. The van der Waals surface area contributed by atoms with Crippen LogP contribution in [0.1, 0.15) is 5.56 Å². The molecular weight excluding hydrogens is 433 g/mol. The van der Waals surface area contributed by atoms with Crippen LogP contribution < -0.4 is 31.9 Å². The fourth-order valence-corrected chi connectivity index (χ4v) is 3.75. The average molecular weight is 450 g/mol. The van der Waals surface area contributed by atoms with Crippen molar-refractivity contribution in [2.45, 2.75) is 12.8 Å². The molecule has 1 aliphatic heterocycles. The summed E-state index contributed by atoms with van der Waals surface area (Å²) in [7, 11) is 3.27. The lowest BCUT2D eigenvalue weighted by Crippen LogP contribution is -2.48. The van der Waals surface area contributed by atoms with Gasteiger partial charge in [0.2, 0.25) is 5.95 Å². The Hall–Kier alpha value is -3.24. The average Bonchev–Trinajstić information content (AvgIpc) is 2.95. The molecular formula is C18H17Cl2N7O3. The van der Waals surface area contributed by atoms with Gasteiger partial charge in [-0.25, -0.2) is 9.78 Å². The van der Waals surface area contributed by atoms with Crippen molar-refractivity contribution in [3.63, 3.8) is 0 Å². The summed E-state index contributed by atoms with van der Waals surface area (Å²) in [5.74, 6) is 0.626. The van der Waals surface area contributed by atoms with Crippen molar-refractivity contribution < 1.29 is 0 Å². The number of nitrogens with one attached hydrogen (secondary N) is 3. The van der Waals surface area contributed by atoms with Crippen LogP contribution in [0.15, 0.2) is 44.8 Å². The monoisotopic (exact) mass is 449 g/mol. The van der Waals surface area contributed by atoms with Gasteiger partial charge >= 0.3 is 5.69 Å². The number of aromatic amines is 2. The fourth-order valence-electron chi connectivity index (χ4n) is 3.43. The van der Waals surface area contributed by atoms with Crippen LogP contribution in [0.25, 0.3) is 0 Å². The topological polar surface area (TPSA) is 119 Å². The van der Waals surface area contributed by atoms with Gasteiger partial charge in [0.15, 0.2) is 6.29 Å². The van der Waals surface area contributed by atoms with Crippen molar-refractivity contribution in [3.8, 4) is 0 Å². The van der Waals surface area contributed by atoms with Gasteiger partial charge < -0.3 is 15.1 Å². The van der Waals surface area contributed by atoms with Gasteiger partial charge in [-0.3, -0.25) is 24.1 Å². The zero-order valence-electron chi connectivity index (χ0n) is 15.9. The summed E-state index contributed by atoms with van der Waals surface area (Å²) >= 11 is 12.2. The molecule has 3 aromatic rings. The second-order valence-electron chi connectivity index (χ2n) is 6.78. The standard InChI is InChI=1S/C18H17Cl2N7O3/c1-25-13-14(29)23-18(30)26(2)15(13)27(8-9-3-4-10(19)11(20)7-9)17(25)24-16-21-6-5-12(28)22-16/h3-7,17H,8H2,1-2H3,(H,23,29,30)(H2,21,22,24,28). The number of hydrogen-bond donors (Lipinski definition) is 3. The van der Waals surface area contributed by atoms with Crippen molar-refractivity contribution >= 4 is 40.7 Å². The number of H-pyrrole nitrogens is 2. The summed E-state index contributed by atoms with van der Waals surface area (Å²) in [6.45, 7) is 0.291. The Balaban J connectivity index is 1.83. The van der Waals surface area contributed by atoms with E-state index in [1.54, 1.807) is 42.1 Å². The molecule has 1 unspecified atom stereocenters. The number of aromatic nitrogens is 4. The first kappa shape index (κ1) is 20.0. The predicted molar refractivity (Wildman–Crippen MR) is 116 cm³/mol. The van der Waals surface area contributed by atoms with Gasteiger partial charge in [0, 0.05) is 32.9 Å². The van der Waals surface area contributed by atoms with E-state index < -0.39 is 17.5 Å². The Morgan fingerprint density at radius 2 is 1.87 bits per heavy atom. The molecule has 30 heavy (non-hydrogen) atoms. The molecule has 0 amide bonds. The summed E-state index contributed by atoms with van der Waals surface area (Å²) in [5, 5.41) is 3.92. The number of fused-ring (bicyclic) bond motifs is 1. The van der Waals surface area contributed by atoms with E-state index in [9.17, 15) is 14.4 Å². The molecule has 10 nitrogen and oxygen atoms in total. The fraction of sp³-hybridized carbons (Fsp3) is 0.222. The van der Waals surface area contributed by atoms with Crippen LogP contribution in [0.2, 0.25) is 10.0 Å². The highest BCUT2D eigenvalue weighted by Crippen LogP contribution is 2.36. The Morgan fingerprint density at radius 1 is 1.10 bits per heavy atom. The second kappa shape index (κ2) is 7.54. The minimum absolute atomic E-state index is 0.215. The predicted octanol–water partition coefficient (Wildman–Crippen LogP) is 1.32. The van der Waals surface area contributed by atoms with Crippen molar-refractivity contribution in [3.05, 3.63) is 77.3 Å². The molecule has 156 valence electrons. The lowest BCUT2D eigenvalue weighted by Gasteiger charge is -2.31. The number of hydrogen-bond acceptors (Lipinski definition) is 7. The molecule has 0 spiro atoms. The lowest BCUT2D eigenvalue weighted by molar-refractivity contribution is 0.644. The summed E-state index contributed by atoms with van der Waals surface area (Å²) in [6, 6.07) is 6.49. The van der Waals surface area contributed by atoms with Gasteiger partial charge in [-0.1, -0.05) is 29.3 Å². The van der Waals surface area contributed by atoms with Crippen LogP contribution in [-0.2, 0) is 13.6 Å². The first-order valence-electron chi connectivity index (χ1n) is 8.85. The van der Waals surface area contributed by atoms with Gasteiger partial charge in [0.25, 0.3) is 11.1 Å². The third-order valence-corrected chi connectivity index (χ3v) is 5.57. The largest absolute Gasteiger partial charge is 0.330 e. The Kier molecular flexibility index (Phi) is 5.04. The third kappa shape index (κ3) is 3.44. The third-order valence-electron chi connectivity index (χ3n) is 4.83. The molecule has 0 radical (unpaired) electrons. The summed E-state index contributed by atoms with van der Waals surface area (Å²) < 4.78 is 1.35. The highest BCUT2D eigenvalue weighted by molar-refractivity contribution is 6.42. The number of benzene rings is 1. The van der Waals surface area contributed by atoms with Gasteiger partial charge in [-0.2, -0.15) is 0 Å². The Morgan fingerprint density at radius 3 is 2.57 bits per heavy atom. The molecule has 3 heterocycles. The highest BCUT2D eigenvalue weighted by Gasteiger charge is 2.38. The van der Waals surface area contributed by atoms with E-state index >= 15 is 0 Å². The molecule has 0 saturated heterocycles. The van der Waals surface area contributed by atoms with Gasteiger partial charge in [-0.15, -0.1) is 0 Å². The van der Waals surface area contributed by atoms with Gasteiger partial charge in [0.05, 0.1) is 10.0 Å². The molecule has 12 heteroatoms. The van der Waals surface area contributed by atoms with Crippen LogP contribution >= 0.6 is 23.2 Å². The number of halogens is 2. The molecule has 0 aliphatic carbocycles. The van der Waals surface area contributed by atoms with Gasteiger partial charge in [-0.05, 0) is 17.7 Å². The van der Waals surface area contributed by atoms with E-state index in [0.29, 0.717) is 28.1 Å². The zero-order valence-corrected chi connectivity index (χ0v) is 17.5. The summed E-state index contributed by atoms with van der Waals surface area (Å²) in [6.07, 6.45) is 0.740. The molecule has 2 aromatic heterocycles. The number of anilines is 3. The quantitative estimate of drug-likeness (QED) is 0.549. The van der Waals surface area contributed by atoms with Crippen LogP contribution in [-0.4, -0.2) is 32.9 Å². The van der Waals surface area contributed by atoms with E-state index in [-0.39, 0.29) is 11.5 Å². The molecule has 4 rings (SSSR count). The van der Waals surface area contributed by atoms with E-state index in [4.69, 9.17) is 23.2 Å². The molecule has 1 aromatic carbocycles. The van der Waals surface area contributed by atoms with Crippen LogP contribution in [0, 0.1) is 0 Å². The maximum Gasteiger partial charge on any atom is 0.329 e. The molecule has 0 fully saturated rings. The van der Waals surface area contributed by atoms with E-state index in [1.165, 1.54) is 16.8 Å². The molecule has 1 aliphatic rings. The van der Waals surface area contributed by atoms with Crippen molar-refractivity contribution in [2.75, 3.05) is 22.2 Å². The minimum Gasteiger partial charge on any atom is -0.330 e. The van der Waals surface area contributed by atoms with Crippen molar-refractivity contribution in [1.29, 1.82) is 0 Å². The maximum atomic E-state index is 12.6. The van der Waals surface area contributed by atoms with Crippen molar-refractivity contribution in [1.82, 2.24) is 19.5 Å². The van der Waals surface area contributed by atoms with E-state index in [1.807, 2.05) is 0 Å². The van der Waals surface area contributed by atoms with Crippen LogP contribution in [0.3, 0.4) is 0 Å². The van der Waals surface area contributed by atoms with Crippen LogP contribution in [0.5, 0.6) is 0 Å². The molecule has 0 saturated carbocycles. The van der Waals surface area contributed by atoms with Crippen LogP contribution in [0.4, 0.5) is 17.5 Å². The maximum absolute atomic E-state index is 12.6. The minimum atomic E-state index is -0.630. The van der Waals surface area contributed by atoms with E-state index in [2.05, 4.69) is 20.3 Å². The van der Waals surface area contributed by atoms with Gasteiger partial charge in [0.1, 0.15) is 11.5 Å². The summed E-state index contributed by atoms with van der Waals surface area (Å²) in [4.78, 5) is 49.0. The zero-order chi connectivity index (χ0) is 21.6. The number of rotatable bonds is 4. The Bertz CT molecular complexity index is 1300. The second-order valence-corrected chi connectivity index (χ2v) is 7.59. The number of nitrogens with zero attached hydrogens (tertiary/aromatic N) is 4. The first-order chi connectivity index (χ1) is 14.3. The highest BCUT2D eigenvalue weighted by atomic mass is 35.5.